The van der Waals surface area contributed by atoms with E-state index < -0.39 is 5.92 Å². The first kappa shape index (κ1) is 14.8. The van der Waals surface area contributed by atoms with Crippen LogP contribution in [0.2, 0.25) is 5.02 Å². The number of hydrogen-bond acceptors (Lipinski definition) is 3. The quantitative estimate of drug-likeness (QED) is 0.342. The Hall–Kier alpha value is -1.27. The average Bonchev–Trinajstić information content (AvgIpc) is 2.34. The summed E-state index contributed by atoms with van der Waals surface area (Å²) >= 11 is 9.11. The maximum absolute atomic E-state index is 11.9. The van der Waals surface area contributed by atoms with E-state index in [0.29, 0.717) is 21.6 Å². The molecule has 0 fully saturated rings. The summed E-state index contributed by atoms with van der Waals surface area (Å²) in [6, 6.07) is 5.01. The van der Waals surface area contributed by atoms with E-state index in [1.165, 1.54) is 0 Å². The third-order valence-electron chi connectivity index (χ3n) is 2.38. The van der Waals surface area contributed by atoms with Gasteiger partial charge in [0.25, 0.3) is 0 Å². The van der Waals surface area contributed by atoms with Gasteiger partial charge in [0.2, 0.25) is 5.91 Å². The van der Waals surface area contributed by atoms with Gasteiger partial charge in [-0.25, -0.2) is 0 Å². The lowest BCUT2D eigenvalue weighted by molar-refractivity contribution is -0.118. The van der Waals surface area contributed by atoms with Crippen molar-refractivity contribution < 1.29 is 10.0 Å². The Morgan fingerprint density at radius 1 is 1.67 bits per heavy atom. The van der Waals surface area contributed by atoms with Crippen molar-refractivity contribution in [3.63, 3.8) is 0 Å². The molecule has 0 bridgehead atoms. The van der Waals surface area contributed by atoms with Crippen LogP contribution in [0.25, 0.3) is 0 Å². The Kier molecular flexibility index (Phi) is 5.43. The summed E-state index contributed by atoms with van der Waals surface area (Å²) in [7, 11) is 0. The number of halogens is 2. The number of carbonyl (C=O) groups is 1. The van der Waals surface area contributed by atoms with Gasteiger partial charge >= 0.3 is 0 Å². The highest BCUT2D eigenvalue weighted by molar-refractivity contribution is 9.10. The number of nitrogens with zero attached hydrogens (tertiary/aromatic N) is 1. The minimum Gasteiger partial charge on any atom is -0.409 e. The third kappa shape index (κ3) is 3.61. The number of amides is 1. The Balaban J connectivity index is 2.83. The van der Waals surface area contributed by atoms with Crippen LogP contribution in [0.15, 0.2) is 27.8 Å². The predicted octanol–water partition coefficient (Wildman–Crippen LogP) is 2.81. The van der Waals surface area contributed by atoms with E-state index in [4.69, 9.17) is 22.5 Å². The fourth-order valence-corrected chi connectivity index (χ4v) is 1.90. The van der Waals surface area contributed by atoms with Crippen molar-refractivity contribution in [2.75, 3.05) is 5.32 Å². The highest BCUT2D eigenvalue weighted by Crippen LogP contribution is 2.25. The molecule has 7 heteroatoms. The topological polar surface area (TPSA) is 87.7 Å². The lowest BCUT2D eigenvalue weighted by atomic mass is 10.0. The Bertz CT molecular complexity index is 479. The standard InChI is InChI=1S/C11H13BrClN3O2/c1-2-7(10(14)16-18)11(17)15-6-3-4-9(13)8(12)5-6/h3-5,7,18H,2H2,1H3,(H2,14,16)(H,15,17). The van der Waals surface area contributed by atoms with E-state index in [1.807, 2.05) is 0 Å². The number of rotatable bonds is 4. The lowest BCUT2D eigenvalue weighted by Crippen LogP contribution is -2.34. The van der Waals surface area contributed by atoms with E-state index in [0.717, 1.165) is 0 Å². The molecule has 0 aromatic heterocycles. The van der Waals surface area contributed by atoms with Crippen LogP contribution in [0, 0.1) is 5.92 Å². The fourth-order valence-electron chi connectivity index (χ4n) is 1.40. The van der Waals surface area contributed by atoms with Crippen molar-refractivity contribution in [1.29, 1.82) is 0 Å². The second-order valence-corrected chi connectivity index (χ2v) is 4.87. The maximum atomic E-state index is 11.9. The molecule has 4 N–H and O–H groups in total. The summed E-state index contributed by atoms with van der Waals surface area (Å²) in [4.78, 5) is 11.9. The molecule has 5 nitrogen and oxygen atoms in total. The lowest BCUT2D eigenvalue weighted by Gasteiger charge is -2.13. The molecule has 0 aliphatic heterocycles. The Morgan fingerprint density at radius 3 is 2.83 bits per heavy atom. The van der Waals surface area contributed by atoms with Gasteiger partial charge in [-0.3, -0.25) is 4.79 Å². The highest BCUT2D eigenvalue weighted by atomic mass is 79.9. The van der Waals surface area contributed by atoms with E-state index in [9.17, 15) is 4.79 Å². The molecule has 0 saturated heterocycles. The zero-order valence-corrected chi connectivity index (χ0v) is 12.0. The van der Waals surface area contributed by atoms with Crippen LogP contribution in [0.4, 0.5) is 5.69 Å². The molecule has 0 spiro atoms. The second-order valence-electron chi connectivity index (χ2n) is 3.60. The van der Waals surface area contributed by atoms with E-state index in [1.54, 1.807) is 25.1 Å². The number of benzene rings is 1. The van der Waals surface area contributed by atoms with Gasteiger partial charge in [-0.1, -0.05) is 23.7 Å². The van der Waals surface area contributed by atoms with Crippen LogP contribution in [0.3, 0.4) is 0 Å². The number of hydrogen-bond donors (Lipinski definition) is 3. The van der Waals surface area contributed by atoms with Crippen LogP contribution in [-0.2, 0) is 4.79 Å². The van der Waals surface area contributed by atoms with Crippen molar-refractivity contribution in [2.24, 2.45) is 16.8 Å². The van der Waals surface area contributed by atoms with Crippen LogP contribution in [0.5, 0.6) is 0 Å². The summed E-state index contributed by atoms with van der Waals surface area (Å²) in [6.45, 7) is 1.78. The van der Waals surface area contributed by atoms with Crippen LogP contribution >= 0.6 is 27.5 Å². The molecular weight excluding hydrogens is 321 g/mol. The summed E-state index contributed by atoms with van der Waals surface area (Å²) in [5, 5.41) is 14.7. The van der Waals surface area contributed by atoms with Gasteiger partial charge in [-0.15, -0.1) is 0 Å². The molecule has 0 radical (unpaired) electrons. The second kappa shape index (κ2) is 6.61. The molecule has 0 aliphatic carbocycles. The van der Waals surface area contributed by atoms with Gasteiger partial charge in [0.15, 0.2) is 5.84 Å². The number of nitrogens with two attached hydrogens (primary N) is 1. The maximum Gasteiger partial charge on any atom is 0.235 e. The number of amidine groups is 1. The van der Waals surface area contributed by atoms with Crippen molar-refractivity contribution in [2.45, 2.75) is 13.3 Å². The van der Waals surface area contributed by atoms with E-state index in [2.05, 4.69) is 26.4 Å². The smallest absolute Gasteiger partial charge is 0.235 e. The number of nitrogens with one attached hydrogen (secondary N) is 1. The predicted molar refractivity (Wildman–Crippen MR) is 75.0 cm³/mol. The summed E-state index contributed by atoms with van der Waals surface area (Å²) in [5.74, 6) is -1.10. The average molecular weight is 335 g/mol. The molecular formula is C11H13BrClN3O2. The highest BCUT2D eigenvalue weighted by Gasteiger charge is 2.21. The zero-order valence-electron chi connectivity index (χ0n) is 9.65. The monoisotopic (exact) mass is 333 g/mol. The van der Waals surface area contributed by atoms with Crippen LogP contribution < -0.4 is 11.1 Å². The van der Waals surface area contributed by atoms with Crippen molar-refractivity contribution in [3.05, 3.63) is 27.7 Å². The zero-order chi connectivity index (χ0) is 13.7. The third-order valence-corrected chi connectivity index (χ3v) is 3.60. The first-order chi connectivity index (χ1) is 8.49. The first-order valence-corrected chi connectivity index (χ1v) is 6.40. The fraction of sp³-hybridized carbons (Fsp3) is 0.273. The van der Waals surface area contributed by atoms with Crippen molar-refractivity contribution >= 4 is 45.0 Å². The Labute approximate surface area is 118 Å². The van der Waals surface area contributed by atoms with Crippen molar-refractivity contribution in [3.8, 4) is 0 Å². The van der Waals surface area contributed by atoms with Gasteiger partial charge in [0.1, 0.15) is 0 Å². The van der Waals surface area contributed by atoms with Crippen LogP contribution in [0.1, 0.15) is 13.3 Å². The normalized spacial score (nSPS) is 13.2. The van der Waals surface area contributed by atoms with Gasteiger partial charge in [-0.05, 0) is 40.5 Å². The molecule has 0 saturated carbocycles. The van der Waals surface area contributed by atoms with E-state index in [-0.39, 0.29) is 11.7 Å². The number of anilines is 1. The van der Waals surface area contributed by atoms with Gasteiger partial charge in [-0.2, -0.15) is 0 Å². The van der Waals surface area contributed by atoms with Gasteiger partial charge in [0.05, 0.1) is 10.9 Å². The molecule has 0 aliphatic rings. The molecule has 98 valence electrons. The number of oxime groups is 1. The van der Waals surface area contributed by atoms with Gasteiger partial charge in [0, 0.05) is 10.2 Å². The number of carbonyl (C=O) groups excluding carboxylic acids is 1. The summed E-state index contributed by atoms with van der Waals surface area (Å²) in [5.41, 5.74) is 6.03. The van der Waals surface area contributed by atoms with E-state index >= 15 is 0 Å². The first-order valence-electron chi connectivity index (χ1n) is 5.23. The largest absolute Gasteiger partial charge is 0.409 e. The molecule has 0 heterocycles. The molecule has 1 aromatic carbocycles. The molecule has 1 atom stereocenters. The minimum absolute atomic E-state index is 0.108. The molecule has 18 heavy (non-hydrogen) atoms. The molecule has 1 rings (SSSR count). The molecule has 1 aromatic rings. The van der Waals surface area contributed by atoms with Crippen molar-refractivity contribution in [1.82, 2.24) is 0 Å². The minimum atomic E-state index is -0.663. The summed E-state index contributed by atoms with van der Waals surface area (Å²) < 4.78 is 0.679. The Morgan fingerprint density at radius 2 is 2.33 bits per heavy atom. The SMILES string of the molecule is CCC(C(=O)Nc1ccc(Cl)c(Br)c1)C(N)=NO. The molecule has 1 amide bonds. The summed E-state index contributed by atoms with van der Waals surface area (Å²) in [6.07, 6.45) is 0.441. The van der Waals surface area contributed by atoms with Crippen LogP contribution in [-0.4, -0.2) is 17.0 Å². The van der Waals surface area contributed by atoms with Gasteiger partial charge < -0.3 is 16.3 Å². The molecule has 1 unspecified atom stereocenters.